The zero-order chi connectivity index (χ0) is 14.8. The largest absolute Gasteiger partial charge is 0.454 e. The molecule has 0 radical (unpaired) electrons. The number of hydrogen-bond donors (Lipinski definition) is 2. The van der Waals surface area contributed by atoms with Gasteiger partial charge in [-0.3, -0.25) is 4.79 Å². The summed E-state index contributed by atoms with van der Waals surface area (Å²) in [5.74, 6) is 0.208. The van der Waals surface area contributed by atoms with Gasteiger partial charge in [0.2, 0.25) is 12.7 Å². The van der Waals surface area contributed by atoms with E-state index in [4.69, 9.17) is 15.2 Å². The van der Waals surface area contributed by atoms with Crippen molar-refractivity contribution in [1.82, 2.24) is 0 Å². The highest BCUT2D eigenvalue weighted by Gasteiger charge is 2.21. The molecule has 5 nitrogen and oxygen atoms in total. The first kappa shape index (κ1) is 13.2. The van der Waals surface area contributed by atoms with Crippen molar-refractivity contribution in [3.05, 3.63) is 53.8 Å². The van der Waals surface area contributed by atoms with Gasteiger partial charge in [-0.2, -0.15) is 0 Å². The monoisotopic (exact) mass is 288 g/mol. The van der Waals surface area contributed by atoms with E-state index >= 15 is 0 Å². The van der Waals surface area contributed by atoms with Crippen LogP contribution in [0.5, 0.6) is 11.5 Å². The van der Waals surface area contributed by atoms with E-state index < -0.39 is 17.8 Å². The molecular formula is C15H13FN2O3. The van der Waals surface area contributed by atoms with Crippen molar-refractivity contribution < 1.29 is 18.7 Å². The van der Waals surface area contributed by atoms with Gasteiger partial charge in [0, 0.05) is 5.69 Å². The van der Waals surface area contributed by atoms with Crippen LogP contribution in [0, 0.1) is 5.82 Å². The van der Waals surface area contributed by atoms with Crippen LogP contribution >= 0.6 is 0 Å². The molecule has 0 bridgehead atoms. The Balaban J connectivity index is 1.89. The number of fused-ring (bicyclic) bond motifs is 1. The zero-order valence-corrected chi connectivity index (χ0v) is 11.0. The maximum absolute atomic E-state index is 13.2. The molecule has 2 aromatic rings. The molecule has 1 aliphatic rings. The molecule has 1 heterocycles. The summed E-state index contributed by atoms with van der Waals surface area (Å²) in [6.07, 6.45) is 0. The van der Waals surface area contributed by atoms with E-state index in [-0.39, 0.29) is 6.79 Å². The molecule has 0 saturated heterocycles. The Hall–Kier alpha value is -2.76. The highest BCUT2D eigenvalue weighted by Crippen LogP contribution is 2.34. The number of halogens is 1. The zero-order valence-electron chi connectivity index (χ0n) is 11.0. The first-order valence-electron chi connectivity index (χ1n) is 6.34. The summed E-state index contributed by atoms with van der Waals surface area (Å²) in [6, 6.07) is 10.1. The number of primary amides is 1. The van der Waals surface area contributed by atoms with Crippen molar-refractivity contribution in [3.63, 3.8) is 0 Å². The standard InChI is InChI=1S/C15H13FN2O3/c16-10-2-1-3-11(7-10)18-14(15(17)19)9-4-5-12-13(6-9)21-8-20-12/h1-7,14,18H,8H2,(H2,17,19). The molecule has 2 aromatic carbocycles. The van der Waals surface area contributed by atoms with E-state index in [0.29, 0.717) is 22.7 Å². The van der Waals surface area contributed by atoms with E-state index in [0.717, 1.165) is 0 Å². The Morgan fingerprint density at radius 3 is 2.76 bits per heavy atom. The fourth-order valence-electron chi connectivity index (χ4n) is 2.16. The van der Waals surface area contributed by atoms with Crippen molar-refractivity contribution in [2.75, 3.05) is 12.1 Å². The van der Waals surface area contributed by atoms with Crippen LogP contribution in [0.3, 0.4) is 0 Å². The molecule has 3 rings (SSSR count). The van der Waals surface area contributed by atoms with E-state index in [1.807, 2.05) is 0 Å². The van der Waals surface area contributed by atoms with E-state index in [2.05, 4.69) is 5.32 Å². The van der Waals surface area contributed by atoms with Crippen molar-refractivity contribution >= 4 is 11.6 Å². The quantitative estimate of drug-likeness (QED) is 0.904. The van der Waals surface area contributed by atoms with Crippen LogP contribution < -0.4 is 20.5 Å². The smallest absolute Gasteiger partial charge is 0.244 e. The summed E-state index contributed by atoms with van der Waals surface area (Å²) in [7, 11) is 0. The number of anilines is 1. The fraction of sp³-hybridized carbons (Fsp3) is 0.133. The number of benzene rings is 2. The number of nitrogens with two attached hydrogens (primary N) is 1. The fourth-order valence-corrected chi connectivity index (χ4v) is 2.16. The average molecular weight is 288 g/mol. The molecule has 3 N–H and O–H groups in total. The third-order valence-electron chi connectivity index (χ3n) is 3.15. The number of hydrogen-bond acceptors (Lipinski definition) is 4. The van der Waals surface area contributed by atoms with Crippen LogP contribution in [0.4, 0.5) is 10.1 Å². The number of carbonyl (C=O) groups excluding carboxylic acids is 1. The Kier molecular flexibility index (Phi) is 3.35. The molecule has 0 aromatic heterocycles. The summed E-state index contributed by atoms with van der Waals surface area (Å²) in [6.45, 7) is 0.150. The molecule has 0 saturated carbocycles. The summed E-state index contributed by atoms with van der Waals surface area (Å²) in [4.78, 5) is 11.7. The van der Waals surface area contributed by atoms with Crippen molar-refractivity contribution in [2.24, 2.45) is 5.73 Å². The average Bonchev–Trinajstić information content (AvgIpc) is 2.92. The van der Waals surface area contributed by atoms with Gasteiger partial charge >= 0.3 is 0 Å². The minimum Gasteiger partial charge on any atom is -0.454 e. The predicted molar refractivity (Wildman–Crippen MR) is 74.5 cm³/mol. The Labute approximate surface area is 120 Å². The molecule has 108 valence electrons. The first-order chi connectivity index (χ1) is 10.1. The minimum atomic E-state index is -0.790. The van der Waals surface area contributed by atoms with Gasteiger partial charge < -0.3 is 20.5 Å². The lowest BCUT2D eigenvalue weighted by Crippen LogP contribution is -2.27. The van der Waals surface area contributed by atoms with Gasteiger partial charge in [0.15, 0.2) is 11.5 Å². The number of amides is 1. The predicted octanol–water partition coefficient (Wildman–Crippen LogP) is 2.19. The van der Waals surface area contributed by atoms with Crippen molar-refractivity contribution in [2.45, 2.75) is 6.04 Å². The summed E-state index contributed by atoms with van der Waals surface area (Å²) in [5, 5.41) is 2.92. The normalized spacial score (nSPS) is 13.8. The molecule has 0 aliphatic carbocycles. The second kappa shape index (κ2) is 5.32. The van der Waals surface area contributed by atoms with Gasteiger partial charge in [-0.25, -0.2) is 4.39 Å². The lowest BCUT2D eigenvalue weighted by atomic mass is 10.1. The van der Waals surface area contributed by atoms with Crippen LogP contribution in [0.2, 0.25) is 0 Å². The number of carbonyl (C=O) groups is 1. The maximum atomic E-state index is 13.2. The van der Waals surface area contributed by atoms with Crippen LogP contribution in [0.1, 0.15) is 11.6 Å². The Morgan fingerprint density at radius 1 is 1.19 bits per heavy atom. The molecule has 1 atom stereocenters. The molecule has 1 unspecified atom stereocenters. The summed E-state index contributed by atoms with van der Waals surface area (Å²) >= 11 is 0. The van der Waals surface area contributed by atoms with E-state index in [1.54, 1.807) is 30.3 Å². The Bertz CT molecular complexity index is 690. The first-order valence-corrected chi connectivity index (χ1v) is 6.34. The topological polar surface area (TPSA) is 73.6 Å². The lowest BCUT2D eigenvalue weighted by Gasteiger charge is -2.17. The molecule has 1 aliphatic heterocycles. The van der Waals surface area contributed by atoms with Crippen LogP contribution in [-0.2, 0) is 4.79 Å². The van der Waals surface area contributed by atoms with Gasteiger partial charge in [0.1, 0.15) is 11.9 Å². The van der Waals surface area contributed by atoms with Crippen LogP contribution in [-0.4, -0.2) is 12.7 Å². The second-order valence-corrected chi connectivity index (χ2v) is 4.60. The van der Waals surface area contributed by atoms with Gasteiger partial charge in [0.25, 0.3) is 0 Å². The van der Waals surface area contributed by atoms with Gasteiger partial charge in [-0.1, -0.05) is 12.1 Å². The molecule has 0 fully saturated rings. The van der Waals surface area contributed by atoms with E-state index in [9.17, 15) is 9.18 Å². The summed E-state index contributed by atoms with van der Waals surface area (Å²) in [5.41, 5.74) is 6.52. The summed E-state index contributed by atoms with van der Waals surface area (Å²) < 4.78 is 23.7. The lowest BCUT2D eigenvalue weighted by molar-refractivity contribution is -0.118. The third-order valence-corrected chi connectivity index (χ3v) is 3.15. The third kappa shape index (κ3) is 2.74. The number of rotatable bonds is 4. The van der Waals surface area contributed by atoms with Crippen LogP contribution in [0.25, 0.3) is 0 Å². The molecule has 1 amide bonds. The second-order valence-electron chi connectivity index (χ2n) is 4.60. The molecule has 6 heteroatoms. The highest BCUT2D eigenvalue weighted by molar-refractivity contribution is 5.84. The van der Waals surface area contributed by atoms with E-state index in [1.165, 1.54) is 12.1 Å². The SMILES string of the molecule is NC(=O)C(Nc1cccc(F)c1)c1ccc2c(c1)OCO2. The number of nitrogens with one attached hydrogen (secondary N) is 1. The molecule has 21 heavy (non-hydrogen) atoms. The molecular weight excluding hydrogens is 275 g/mol. The maximum Gasteiger partial charge on any atom is 0.244 e. The minimum absolute atomic E-state index is 0.150. The van der Waals surface area contributed by atoms with Gasteiger partial charge in [-0.05, 0) is 35.9 Å². The number of ether oxygens (including phenoxy) is 2. The van der Waals surface area contributed by atoms with Crippen LogP contribution in [0.15, 0.2) is 42.5 Å². The Morgan fingerprint density at radius 2 is 2.00 bits per heavy atom. The van der Waals surface area contributed by atoms with Gasteiger partial charge in [-0.15, -0.1) is 0 Å². The van der Waals surface area contributed by atoms with Crippen molar-refractivity contribution in [3.8, 4) is 11.5 Å². The van der Waals surface area contributed by atoms with Crippen molar-refractivity contribution in [1.29, 1.82) is 0 Å². The highest BCUT2D eigenvalue weighted by atomic mass is 19.1. The van der Waals surface area contributed by atoms with Gasteiger partial charge in [0.05, 0.1) is 0 Å². The molecule has 0 spiro atoms.